The largest absolute Gasteiger partial charge is 0.479 e. The van der Waals surface area contributed by atoms with Crippen molar-refractivity contribution in [2.75, 3.05) is 12.3 Å². The molecule has 0 bridgehead atoms. The average Bonchev–Trinajstić information content (AvgIpc) is 2.30. The molecule has 19 heavy (non-hydrogen) atoms. The lowest BCUT2D eigenvalue weighted by molar-refractivity contribution is -0.189. The van der Waals surface area contributed by atoms with Crippen molar-refractivity contribution in [1.82, 2.24) is 4.98 Å². The Bertz CT molecular complexity index is 463. The van der Waals surface area contributed by atoms with Crippen molar-refractivity contribution in [2.45, 2.75) is 26.1 Å². The molecule has 0 aromatic carbocycles. The highest BCUT2D eigenvalue weighted by Crippen LogP contribution is 2.27. The third-order valence-electron chi connectivity index (χ3n) is 2.15. The maximum absolute atomic E-state index is 12.4. The van der Waals surface area contributed by atoms with Crippen molar-refractivity contribution in [3.63, 3.8) is 0 Å². The third kappa shape index (κ3) is 4.01. The first kappa shape index (κ1) is 15.1. The summed E-state index contributed by atoms with van der Waals surface area (Å²) in [5.74, 6) is -1.16. The molecule has 0 saturated carbocycles. The van der Waals surface area contributed by atoms with E-state index in [2.05, 4.69) is 9.72 Å². The number of ether oxygens (including phenoxy) is 2. The lowest BCUT2D eigenvalue weighted by atomic mass is 10.2. The number of aromatic nitrogens is 1. The Labute approximate surface area is 107 Å². The molecule has 2 N–H and O–H groups in total. The minimum Gasteiger partial charge on any atom is -0.479 e. The number of hydrogen-bond donors (Lipinski definition) is 1. The van der Waals surface area contributed by atoms with Crippen LogP contribution in [0.4, 0.5) is 19.0 Å². The smallest absolute Gasteiger partial charge is 0.425 e. The summed E-state index contributed by atoms with van der Waals surface area (Å²) in [5.41, 5.74) is 5.19. The monoisotopic (exact) mass is 278 g/mol. The topological polar surface area (TPSA) is 74.4 Å². The summed E-state index contributed by atoms with van der Waals surface area (Å²) < 4.78 is 46.6. The van der Waals surface area contributed by atoms with Crippen LogP contribution >= 0.6 is 0 Å². The molecule has 8 heteroatoms. The molecule has 1 heterocycles. The predicted octanol–water partition coefficient (Wildman–Crippen LogP) is 2.17. The van der Waals surface area contributed by atoms with Gasteiger partial charge in [0.2, 0.25) is 0 Å². The number of pyridine rings is 1. The van der Waals surface area contributed by atoms with E-state index < -0.39 is 18.2 Å². The summed E-state index contributed by atoms with van der Waals surface area (Å²) in [5, 5.41) is 0. The quantitative estimate of drug-likeness (QED) is 0.854. The van der Waals surface area contributed by atoms with E-state index in [-0.39, 0.29) is 23.7 Å². The van der Waals surface area contributed by atoms with Crippen LogP contribution in [0.5, 0.6) is 5.75 Å². The zero-order valence-corrected chi connectivity index (χ0v) is 10.3. The van der Waals surface area contributed by atoms with Gasteiger partial charge in [0.15, 0.2) is 11.9 Å². The van der Waals surface area contributed by atoms with E-state index >= 15 is 0 Å². The maximum Gasteiger partial charge on any atom is 0.425 e. The van der Waals surface area contributed by atoms with E-state index in [1.54, 1.807) is 6.92 Å². The van der Waals surface area contributed by atoms with Gasteiger partial charge in [-0.3, -0.25) is 0 Å². The van der Waals surface area contributed by atoms with Gasteiger partial charge >= 0.3 is 12.1 Å². The van der Waals surface area contributed by atoms with Gasteiger partial charge < -0.3 is 15.2 Å². The summed E-state index contributed by atoms with van der Waals surface area (Å²) in [6.07, 6.45) is -5.66. The number of rotatable bonds is 4. The van der Waals surface area contributed by atoms with Crippen molar-refractivity contribution in [3.05, 3.63) is 17.8 Å². The van der Waals surface area contributed by atoms with Crippen LogP contribution in [0.15, 0.2) is 12.3 Å². The van der Waals surface area contributed by atoms with Crippen LogP contribution in [0, 0.1) is 0 Å². The number of nitrogen functional groups attached to an aromatic ring is 1. The number of halogens is 3. The summed E-state index contributed by atoms with van der Waals surface area (Å²) in [6, 6.07) is 1.11. The Balaban J connectivity index is 3.03. The van der Waals surface area contributed by atoms with Gasteiger partial charge in [-0.25, -0.2) is 9.78 Å². The van der Waals surface area contributed by atoms with Crippen LogP contribution in [0.1, 0.15) is 24.2 Å². The summed E-state index contributed by atoms with van der Waals surface area (Å²) in [6.45, 7) is 2.47. The number of nitrogens with zero attached hydrogens (tertiary/aromatic N) is 1. The molecule has 1 aromatic heterocycles. The van der Waals surface area contributed by atoms with Crippen LogP contribution in [-0.2, 0) is 4.74 Å². The first-order chi connectivity index (χ1) is 8.75. The van der Waals surface area contributed by atoms with Gasteiger partial charge in [0.05, 0.1) is 12.8 Å². The van der Waals surface area contributed by atoms with Gasteiger partial charge in [0.25, 0.3) is 0 Å². The molecule has 0 saturated heterocycles. The first-order valence-corrected chi connectivity index (χ1v) is 5.41. The number of nitrogens with two attached hydrogens (primary N) is 1. The Kier molecular flexibility index (Phi) is 4.57. The molecular formula is C11H13F3N2O3. The number of alkyl halides is 3. The molecular weight excluding hydrogens is 265 g/mol. The minimum absolute atomic E-state index is 0.0185. The lowest BCUT2D eigenvalue weighted by Gasteiger charge is -2.19. The molecule has 1 aromatic rings. The molecule has 1 atom stereocenters. The second kappa shape index (κ2) is 5.77. The molecule has 1 rings (SSSR count). The zero-order valence-electron chi connectivity index (χ0n) is 10.3. The summed E-state index contributed by atoms with van der Waals surface area (Å²) >= 11 is 0. The van der Waals surface area contributed by atoms with Gasteiger partial charge in [-0.1, -0.05) is 0 Å². The molecule has 0 spiro atoms. The fraction of sp³-hybridized carbons (Fsp3) is 0.455. The van der Waals surface area contributed by atoms with Crippen molar-refractivity contribution in [1.29, 1.82) is 0 Å². The van der Waals surface area contributed by atoms with Gasteiger partial charge in [-0.2, -0.15) is 13.2 Å². The molecule has 106 valence electrons. The molecule has 5 nitrogen and oxygen atoms in total. The van der Waals surface area contributed by atoms with Crippen LogP contribution in [0.25, 0.3) is 0 Å². The highest BCUT2D eigenvalue weighted by molar-refractivity contribution is 5.93. The molecule has 0 aliphatic rings. The second-order valence-corrected chi connectivity index (χ2v) is 3.63. The number of anilines is 1. The van der Waals surface area contributed by atoms with E-state index in [1.807, 2.05) is 0 Å². The Morgan fingerprint density at radius 2 is 2.16 bits per heavy atom. The lowest BCUT2D eigenvalue weighted by Crippen LogP contribution is -2.31. The van der Waals surface area contributed by atoms with Crippen LogP contribution in [0.2, 0.25) is 0 Å². The molecule has 0 aliphatic heterocycles. The van der Waals surface area contributed by atoms with Crippen molar-refractivity contribution in [2.24, 2.45) is 0 Å². The zero-order chi connectivity index (χ0) is 14.6. The van der Waals surface area contributed by atoms with Crippen molar-refractivity contribution < 1.29 is 27.4 Å². The summed E-state index contributed by atoms with van der Waals surface area (Å²) in [4.78, 5) is 15.2. The van der Waals surface area contributed by atoms with Gasteiger partial charge in [0.1, 0.15) is 11.4 Å². The van der Waals surface area contributed by atoms with Crippen LogP contribution in [0.3, 0.4) is 0 Å². The fourth-order valence-corrected chi connectivity index (χ4v) is 1.18. The maximum atomic E-state index is 12.4. The van der Waals surface area contributed by atoms with E-state index in [1.165, 1.54) is 0 Å². The normalized spacial score (nSPS) is 12.9. The van der Waals surface area contributed by atoms with Gasteiger partial charge in [-0.15, -0.1) is 0 Å². The van der Waals surface area contributed by atoms with Crippen LogP contribution in [-0.4, -0.2) is 29.8 Å². The average molecular weight is 278 g/mol. The molecule has 0 aliphatic carbocycles. The second-order valence-electron chi connectivity index (χ2n) is 3.63. The third-order valence-corrected chi connectivity index (χ3v) is 2.15. The Hall–Kier alpha value is -1.99. The van der Waals surface area contributed by atoms with Gasteiger partial charge in [-0.05, 0) is 19.9 Å². The highest BCUT2D eigenvalue weighted by Gasteiger charge is 2.38. The number of hydrogen-bond acceptors (Lipinski definition) is 5. The SMILES string of the molecule is CCOC(=O)c1cc(N)ncc1OC(C)C(F)(F)F. The van der Waals surface area contributed by atoms with Crippen molar-refractivity contribution >= 4 is 11.8 Å². The Morgan fingerprint density at radius 1 is 1.53 bits per heavy atom. The van der Waals surface area contributed by atoms with Crippen molar-refractivity contribution in [3.8, 4) is 5.75 Å². The molecule has 1 unspecified atom stereocenters. The Morgan fingerprint density at radius 3 is 2.68 bits per heavy atom. The first-order valence-electron chi connectivity index (χ1n) is 5.41. The van der Waals surface area contributed by atoms with Crippen LogP contribution < -0.4 is 10.5 Å². The molecule has 0 fully saturated rings. The summed E-state index contributed by atoms with van der Waals surface area (Å²) in [7, 11) is 0. The number of esters is 1. The number of carbonyl (C=O) groups excluding carboxylic acids is 1. The predicted molar refractivity (Wildman–Crippen MR) is 60.8 cm³/mol. The van der Waals surface area contributed by atoms with E-state index in [4.69, 9.17) is 10.5 Å². The molecule has 0 amide bonds. The minimum atomic E-state index is -4.55. The number of carbonyl (C=O) groups is 1. The fourth-order valence-electron chi connectivity index (χ4n) is 1.18. The standard InChI is InChI=1S/C11H13F3N2O3/c1-3-18-10(17)7-4-9(15)16-5-8(7)19-6(2)11(12,13)14/h4-6H,3H2,1-2H3,(H2,15,16). The van der Waals surface area contributed by atoms with E-state index in [0.29, 0.717) is 0 Å². The van der Waals surface area contributed by atoms with Gasteiger partial charge in [0, 0.05) is 0 Å². The molecule has 0 radical (unpaired) electrons. The van der Waals surface area contributed by atoms with E-state index in [9.17, 15) is 18.0 Å². The van der Waals surface area contributed by atoms with E-state index in [0.717, 1.165) is 19.2 Å². The highest BCUT2D eigenvalue weighted by atomic mass is 19.4.